The second kappa shape index (κ2) is 6.27. The number of nitrogens with zero attached hydrogens (tertiary/aromatic N) is 3. The molecule has 0 saturated carbocycles. The van der Waals surface area contributed by atoms with Crippen LogP contribution in [0.5, 0.6) is 0 Å². The predicted molar refractivity (Wildman–Crippen MR) is 82.5 cm³/mol. The van der Waals surface area contributed by atoms with Crippen LogP contribution in [0.15, 0.2) is 42.9 Å². The summed E-state index contributed by atoms with van der Waals surface area (Å²) < 4.78 is 5.51. The topological polar surface area (TPSA) is 79.8 Å². The van der Waals surface area contributed by atoms with Crippen molar-refractivity contribution in [2.75, 3.05) is 18.4 Å². The zero-order chi connectivity index (χ0) is 14.5. The molecule has 2 heterocycles. The molecule has 0 saturated heterocycles. The molecule has 1 amide bonds. The van der Waals surface area contributed by atoms with Crippen LogP contribution in [0.3, 0.4) is 0 Å². The van der Waals surface area contributed by atoms with Crippen molar-refractivity contribution in [1.29, 1.82) is 0 Å². The molecule has 7 heteroatoms. The van der Waals surface area contributed by atoms with Crippen molar-refractivity contribution in [3.8, 4) is 0 Å². The van der Waals surface area contributed by atoms with Crippen LogP contribution in [-0.4, -0.2) is 33.3 Å². The van der Waals surface area contributed by atoms with Crippen LogP contribution in [0, 0.1) is 0 Å². The van der Waals surface area contributed by atoms with Gasteiger partial charge in [-0.1, -0.05) is 12.1 Å². The summed E-state index contributed by atoms with van der Waals surface area (Å²) in [4.78, 5) is 19.6. The molecule has 2 aromatic heterocycles. The second-order valence-electron chi connectivity index (χ2n) is 4.30. The Morgan fingerprint density at radius 3 is 2.95 bits per heavy atom. The highest BCUT2D eigenvalue weighted by Gasteiger charge is 2.07. The average Bonchev–Trinajstić information content (AvgIpc) is 2.95. The molecule has 0 aliphatic carbocycles. The predicted octanol–water partition coefficient (Wildman–Crippen LogP) is 1.93. The van der Waals surface area contributed by atoms with Gasteiger partial charge in [-0.2, -0.15) is 4.37 Å². The SMILES string of the molecule is O=C(NCCNc1nsc2ccccc12)c1cnccn1. The molecule has 0 fully saturated rings. The Morgan fingerprint density at radius 1 is 1.19 bits per heavy atom. The van der Waals surface area contributed by atoms with Gasteiger partial charge in [0.15, 0.2) is 0 Å². The Balaban J connectivity index is 1.52. The smallest absolute Gasteiger partial charge is 0.271 e. The van der Waals surface area contributed by atoms with Gasteiger partial charge in [0.05, 0.1) is 10.9 Å². The van der Waals surface area contributed by atoms with Crippen LogP contribution < -0.4 is 10.6 Å². The van der Waals surface area contributed by atoms with Gasteiger partial charge in [-0.05, 0) is 23.7 Å². The van der Waals surface area contributed by atoms with E-state index < -0.39 is 0 Å². The molecule has 2 N–H and O–H groups in total. The third-order valence-electron chi connectivity index (χ3n) is 2.88. The quantitative estimate of drug-likeness (QED) is 0.704. The lowest BCUT2D eigenvalue weighted by molar-refractivity contribution is 0.0950. The zero-order valence-corrected chi connectivity index (χ0v) is 11.9. The number of rotatable bonds is 5. The van der Waals surface area contributed by atoms with Crippen molar-refractivity contribution < 1.29 is 4.79 Å². The standard InChI is InChI=1S/C14H13N5OS/c20-14(11-9-15-5-6-16-11)18-8-7-17-13-10-3-1-2-4-12(10)21-19-13/h1-6,9H,7-8H2,(H,17,19)(H,18,20). The number of aromatic nitrogens is 3. The summed E-state index contributed by atoms with van der Waals surface area (Å²) in [7, 11) is 0. The molecule has 6 nitrogen and oxygen atoms in total. The molecular weight excluding hydrogens is 286 g/mol. The molecule has 0 aliphatic heterocycles. The fraction of sp³-hybridized carbons (Fsp3) is 0.143. The number of fused-ring (bicyclic) bond motifs is 1. The van der Waals surface area contributed by atoms with E-state index in [4.69, 9.17) is 0 Å². The van der Waals surface area contributed by atoms with Gasteiger partial charge in [0.25, 0.3) is 5.91 Å². The van der Waals surface area contributed by atoms with Gasteiger partial charge in [0, 0.05) is 30.9 Å². The maximum Gasteiger partial charge on any atom is 0.271 e. The molecule has 0 bridgehead atoms. The summed E-state index contributed by atoms with van der Waals surface area (Å²) in [5, 5.41) is 7.10. The molecule has 21 heavy (non-hydrogen) atoms. The van der Waals surface area contributed by atoms with Crippen LogP contribution in [-0.2, 0) is 0 Å². The molecule has 0 atom stereocenters. The highest BCUT2D eigenvalue weighted by Crippen LogP contribution is 2.25. The van der Waals surface area contributed by atoms with Gasteiger partial charge < -0.3 is 10.6 Å². The van der Waals surface area contributed by atoms with E-state index >= 15 is 0 Å². The van der Waals surface area contributed by atoms with E-state index in [2.05, 4.69) is 25.0 Å². The first-order valence-corrected chi connectivity index (χ1v) is 7.24. The summed E-state index contributed by atoms with van der Waals surface area (Å²) in [6.45, 7) is 1.08. The van der Waals surface area contributed by atoms with E-state index in [1.54, 1.807) is 0 Å². The molecule has 3 rings (SSSR count). The summed E-state index contributed by atoms with van der Waals surface area (Å²) >= 11 is 1.46. The average molecular weight is 299 g/mol. The fourth-order valence-corrected chi connectivity index (χ4v) is 2.63. The maximum absolute atomic E-state index is 11.8. The summed E-state index contributed by atoms with van der Waals surface area (Å²) in [5.74, 6) is 0.623. The van der Waals surface area contributed by atoms with Crippen LogP contribution in [0.4, 0.5) is 5.82 Å². The number of carbonyl (C=O) groups is 1. The molecule has 0 spiro atoms. The number of hydrogen-bond acceptors (Lipinski definition) is 6. The van der Waals surface area contributed by atoms with Gasteiger partial charge in [0.1, 0.15) is 11.5 Å². The molecule has 0 aliphatic rings. The highest BCUT2D eigenvalue weighted by atomic mass is 32.1. The normalized spacial score (nSPS) is 10.5. The maximum atomic E-state index is 11.8. The lowest BCUT2D eigenvalue weighted by atomic mass is 10.2. The zero-order valence-electron chi connectivity index (χ0n) is 11.1. The van der Waals surface area contributed by atoms with E-state index in [-0.39, 0.29) is 5.91 Å². The molecule has 1 aromatic carbocycles. The van der Waals surface area contributed by atoms with Crippen LogP contribution in [0.1, 0.15) is 10.5 Å². The summed E-state index contributed by atoms with van der Waals surface area (Å²) in [6.07, 6.45) is 4.47. The van der Waals surface area contributed by atoms with Gasteiger partial charge in [0.2, 0.25) is 0 Å². The summed E-state index contributed by atoms with van der Waals surface area (Å²) in [6, 6.07) is 8.04. The van der Waals surface area contributed by atoms with E-state index in [9.17, 15) is 4.79 Å². The van der Waals surface area contributed by atoms with Crippen molar-refractivity contribution in [1.82, 2.24) is 19.7 Å². The third-order valence-corrected chi connectivity index (χ3v) is 3.70. The van der Waals surface area contributed by atoms with Crippen molar-refractivity contribution in [2.24, 2.45) is 0 Å². The lowest BCUT2D eigenvalue weighted by Gasteiger charge is -2.05. The number of amides is 1. The minimum Gasteiger partial charge on any atom is -0.367 e. The molecule has 0 unspecified atom stereocenters. The first-order valence-electron chi connectivity index (χ1n) is 6.47. The van der Waals surface area contributed by atoms with Gasteiger partial charge in [-0.25, -0.2) is 4.98 Å². The van der Waals surface area contributed by atoms with E-state index in [0.29, 0.717) is 18.8 Å². The number of nitrogens with one attached hydrogen (secondary N) is 2. The summed E-state index contributed by atoms with van der Waals surface area (Å²) in [5.41, 5.74) is 0.316. The van der Waals surface area contributed by atoms with E-state index in [0.717, 1.165) is 15.9 Å². The second-order valence-corrected chi connectivity index (χ2v) is 5.11. The van der Waals surface area contributed by atoms with Crippen molar-refractivity contribution in [3.63, 3.8) is 0 Å². The first-order chi connectivity index (χ1) is 10.3. The number of benzene rings is 1. The van der Waals surface area contributed by atoms with Crippen molar-refractivity contribution in [2.45, 2.75) is 0 Å². The minimum atomic E-state index is -0.229. The Morgan fingerprint density at radius 2 is 2.10 bits per heavy atom. The van der Waals surface area contributed by atoms with Crippen LogP contribution in [0.2, 0.25) is 0 Å². The third kappa shape index (κ3) is 3.14. The Kier molecular flexibility index (Phi) is 4.02. The van der Waals surface area contributed by atoms with E-state index in [1.165, 1.54) is 30.1 Å². The Hall–Kier alpha value is -2.54. The Labute approximate surface area is 125 Å². The minimum absolute atomic E-state index is 0.229. The first kappa shape index (κ1) is 13.4. The molecule has 106 valence electrons. The molecule has 0 radical (unpaired) electrons. The largest absolute Gasteiger partial charge is 0.367 e. The van der Waals surface area contributed by atoms with Gasteiger partial charge >= 0.3 is 0 Å². The lowest BCUT2D eigenvalue weighted by Crippen LogP contribution is -2.29. The molecule has 3 aromatic rings. The number of anilines is 1. The highest BCUT2D eigenvalue weighted by molar-refractivity contribution is 7.13. The van der Waals surface area contributed by atoms with Crippen molar-refractivity contribution >= 4 is 33.3 Å². The van der Waals surface area contributed by atoms with E-state index in [1.807, 2.05) is 24.3 Å². The monoisotopic (exact) mass is 299 g/mol. The Bertz CT molecular complexity index is 743. The number of carbonyl (C=O) groups excluding carboxylic acids is 1. The number of hydrogen-bond donors (Lipinski definition) is 2. The molecular formula is C14H13N5OS. The van der Waals surface area contributed by atoms with Crippen molar-refractivity contribution in [3.05, 3.63) is 48.5 Å². The van der Waals surface area contributed by atoms with Gasteiger partial charge in [-0.15, -0.1) is 0 Å². The van der Waals surface area contributed by atoms with Crippen LogP contribution in [0.25, 0.3) is 10.1 Å². The van der Waals surface area contributed by atoms with Gasteiger partial charge in [-0.3, -0.25) is 9.78 Å². The van der Waals surface area contributed by atoms with Crippen LogP contribution >= 0.6 is 11.5 Å². The fourth-order valence-electron chi connectivity index (χ4n) is 1.88.